The lowest BCUT2D eigenvalue weighted by Crippen LogP contribution is -2.06. The van der Waals surface area contributed by atoms with E-state index in [1.165, 1.54) is 6.33 Å². The Morgan fingerprint density at radius 3 is 3.00 bits per heavy atom. The molecule has 3 rings (SSSR count). The van der Waals surface area contributed by atoms with Crippen LogP contribution in [0.25, 0.3) is 16.7 Å². The molecular formula is C12H9N3O2. The number of nitrogens with one attached hydrogen (secondary N) is 1. The smallest absolute Gasteiger partial charge is 0.260 e. The number of phenols is 1. The number of rotatable bonds is 1. The normalized spacial score (nSPS) is 10.8. The summed E-state index contributed by atoms with van der Waals surface area (Å²) in [5, 5.41) is 9.96. The van der Waals surface area contributed by atoms with Gasteiger partial charge in [-0.05, 0) is 18.2 Å². The molecule has 2 heterocycles. The van der Waals surface area contributed by atoms with Crippen LogP contribution >= 0.6 is 0 Å². The van der Waals surface area contributed by atoms with Gasteiger partial charge in [0, 0.05) is 12.3 Å². The highest BCUT2D eigenvalue weighted by molar-refractivity contribution is 5.76. The molecule has 0 atom stereocenters. The molecule has 0 unspecified atom stereocenters. The molecule has 0 spiro atoms. The van der Waals surface area contributed by atoms with Crippen LogP contribution in [-0.2, 0) is 0 Å². The summed E-state index contributed by atoms with van der Waals surface area (Å²) in [6.07, 6.45) is 3.12. The second kappa shape index (κ2) is 3.48. The molecule has 0 saturated heterocycles. The number of hydrogen-bond acceptors (Lipinski definition) is 3. The Labute approximate surface area is 96.0 Å². The first-order chi connectivity index (χ1) is 8.25. The van der Waals surface area contributed by atoms with E-state index in [1.807, 2.05) is 6.07 Å². The van der Waals surface area contributed by atoms with Crippen LogP contribution < -0.4 is 5.56 Å². The van der Waals surface area contributed by atoms with Crippen LogP contribution in [0.2, 0.25) is 0 Å². The minimum Gasteiger partial charge on any atom is -0.508 e. The molecule has 0 radical (unpaired) electrons. The number of benzene rings is 1. The summed E-state index contributed by atoms with van der Waals surface area (Å²) in [5.41, 5.74) is 1.16. The van der Waals surface area contributed by atoms with Crippen molar-refractivity contribution in [3.05, 3.63) is 53.2 Å². The maximum atomic E-state index is 11.5. The van der Waals surface area contributed by atoms with Crippen molar-refractivity contribution < 1.29 is 5.11 Å². The summed E-state index contributed by atoms with van der Waals surface area (Å²) >= 11 is 0. The van der Waals surface area contributed by atoms with Gasteiger partial charge in [0.05, 0.1) is 17.4 Å². The minimum atomic E-state index is -0.172. The van der Waals surface area contributed by atoms with Crippen LogP contribution in [-0.4, -0.2) is 19.6 Å². The van der Waals surface area contributed by atoms with Crippen molar-refractivity contribution in [1.29, 1.82) is 0 Å². The highest BCUT2D eigenvalue weighted by Gasteiger charge is 2.06. The number of hydrogen-bond donors (Lipinski definition) is 2. The van der Waals surface area contributed by atoms with Crippen LogP contribution in [0.5, 0.6) is 5.75 Å². The molecule has 0 aliphatic rings. The zero-order chi connectivity index (χ0) is 11.8. The van der Waals surface area contributed by atoms with Gasteiger partial charge in [-0.15, -0.1) is 0 Å². The number of aromatic nitrogens is 3. The lowest BCUT2D eigenvalue weighted by Gasteiger charge is -2.04. The molecule has 1 aromatic carbocycles. The number of fused-ring (bicyclic) bond motifs is 1. The molecule has 5 nitrogen and oxygen atoms in total. The van der Waals surface area contributed by atoms with E-state index in [-0.39, 0.29) is 11.3 Å². The second-order valence-corrected chi connectivity index (χ2v) is 3.67. The van der Waals surface area contributed by atoms with Gasteiger partial charge >= 0.3 is 0 Å². The van der Waals surface area contributed by atoms with E-state index in [2.05, 4.69) is 9.97 Å². The first-order valence-corrected chi connectivity index (χ1v) is 5.10. The van der Waals surface area contributed by atoms with Crippen LogP contribution in [0, 0.1) is 0 Å². The maximum absolute atomic E-state index is 11.5. The van der Waals surface area contributed by atoms with E-state index >= 15 is 0 Å². The lowest BCUT2D eigenvalue weighted by atomic mass is 10.3. The van der Waals surface area contributed by atoms with Crippen molar-refractivity contribution in [3.63, 3.8) is 0 Å². The second-order valence-electron chi connectivity index (χ2n) is 3.67. The van der Waals surface area contributed by atoms with Gasteiger partial charge in [-0.2, -0.15) is 0 Å². The third-order valence-electron chi connectivity index (χ3n) is 2.59. The molecule has 5 heteroatoms. The fraction of sp³-hybridized carbons (Fsp3) is 0. The molecule has 0 aliphatic carbocycles. The van der Waals surface area contributed by atoms with E-state index < -0.39 is 0 Å². The minimum absolute atomic E-state index is 0.172. The molecule has 0 amide bonds. The molecule has 0 bridgehead atoms. The highest BCUT2D eigenvalue weighted by atomic mass is 16.3. The predicted octanol–water partition coefficient (Wildman–Crippen LogP) is 1.42. The predicted molar refractivity (Wildman–Crippen MR) is 63.4 cm³/mol. The molecule has 2 aromatic heterocycles. The van der Waals surface area contributed by atoms with Crippen LogP contribution in [0.15, 0.2) is 47.7 Å². The van der Waals surface area contributed by atoms with E-state index in [1.54, 1.807) is 35.0 Å². The molecule has 84 valence electrons. The van der Waals surface area contributed by atoms with Gasteiger partial charge in [0.25, 0.3) is 5.56 Å². The summed E-state index contributed by atoms with van der Waals surface area (Å²) in [6, 6.07) is 8.48. The largest absolute Gasteiger partial charge is 0.508 e. The van der Waals surface area contributed by atoms with E-state index in [4.69, 9.17) is 0 Å². The van der Waals surface area contributed by atoms with Crippen molar-refractivity contribution in [3.8, 4) is 11.4 Å². The van der Waals surface area contributed by atoms with Crippen LogP contribution in [0.1, 0.15) is 0 Å². The van der Waals surface area contributed by atoms with Crippen LogP contribution in [0.4, 0.5) is 0 Å². The van der Waals surface area contributed by atoms with Crippen molar-refractivity contribution >= 4 is 11.0 Å². The molecule has 0 aliphatic heterocycles. The molecular weight excluding hydrogens is 218 g/mol. The summed E-state index contributed by atoms with van der Waals surface area (Å²) in [7, 11) is 0. The Hall–Kier alpha value is -2.56. The zero-order valence-corrected chi connectivity index (χ0v) is 8.79. The van der Waals surface area contributed by atoms with Gasteiger partial charge < -0.3 is 14.7 Å². The summed E-state index contributed by atoms with van der Waals surface area (Å²) in [5.74, 6) is 0.175. The van der Waals surface area contributed by atoms with E-state index in [0.717, 1.165) is 5.69 Å². The quantitative estimate of drug-likeness (QED) is 0.660. The first-order valence-electron chi connectivity index (χ1n) is 5.10. The average molecular weight is 227 g/mol. The summed E-state index contributed by atoms with van der Waals surface area (Å²) < 4.78 is 1.75. The lowest BCUT2D eigenvalue weighted by molar-refractivity contribution is 0.475. The third kappa shape index (κ3) is 1.48. The van der Waals surface area contributed by atoms with Crippen molar-refractivity contribution in [2.24, 2.45) is 0 Å². The Balaban J connectivity index is 2.32. The Kier molecular flexibility index (Phi) is 1.98. The number of aromatic amines is 1. The monoisotopic (exact) mass is 227 g/mol. The van der Waals surface area contributed by atoms with Gasteiger partial charge in [-0.3, -0.25) is 4.79 Å². The van der Waals surface area contributed by atoms with Crippen molar-refractivity contribution in [2.75, 3.05) is 0 Å². The van der Waals surface area contributed by atoms with Gasteiger partial charge in [-0.1, -0.05) is 6.07 Å². The Morgan fingerprint density at radius 2 is 2.18 bits per heavy atom. The summed E-state index contributed by atoms with van der Waals surface area (Å²) in [4.78, 5) is 18.2. The van der Waals surface area contributed by atoms with Crippen molar-refractivity contribution in [2.45, 2.75) is 0 Å². The van der Waals surface area contributed by atoms with Gasteiger partial charge in [0.15, 0.2) is 5.65 Å². The van der Waals surface area contributed by atoms with E-state index in [9.17, 15) is 9.90 Å². The average Bonchev–Trinajstić information content (AvgIpc) is 2.74. The van der Waals surface area contributed by atoms with E-state index in [0.29, 0.717) is 11.0 Å². The number of aromatic hydroxyl groups is 1. The number of H-pyrrole nitrogens is 1. The fourth-order valence-electron chi connectivity index (χ4n) is 1.81. The third-order valence-corrected chi connectivity index (χ3v) is 2.59. The zero-order valence-electron chi connectivity index (χ0n) is 8.79. The topological polar surface area (TPSA) is 70.9 Å². The molecule has 0 saturated carbocycles. The van der Waals surface area contributed by atoms with Gasteiger partial charge in [-0.25, -0.2) is 4.98 Å². The van der Waals surface area contributed by atoms with Crippen LogP contribution in [0.3, 0.4) is 0 Å². The Morgan fingerprint density at radius 1 is 1.29 bits per heavy atom. The standard InChI is InChI=1S/C12H9N3O2/c16-9-3-1-2-8(6-9)15-5-4-10-11(15)13-7-14-12(10)17/h1-7,16H,(H,13,14,17). The van der Waals surface area contributed by atoms with Gasteiger partial charge in [0.2, 0.25) is 0 Å². The fourth-order valence-corrected chi connectivity index (χ4v) is 1.81. The first kappa shape index (κ1) is 9.65. The Bertz CT molecular complexity index is 743. The molecule has 2 N–H and O–H groups in total. The molecule has 3 aromatic rings. The number of phenolic OH excluding ortho intramolecular Hbond substituents is 1. The highest BCUT2D eigenvalue weighted by Crippen LogP contribution is 2.19. The SMILES string of the molecule is O=c1[nH]cnc2c1ccn2-c1cccc(O)c1. The maximum Gasteiger partial charge on any atom is 0.260 e. The molecule has 0 fully saturated rings. The number of nitrogens with zero attached hydrogens (tertiary/aromatic N) is 2. The van der Waals surface area contributed by atoms with Crippen molar-refractivity contribution in [1.82, 2.24) is 14.5 Å². The summed E-state index contributed by atoms with van der Waals surface area (Å²) in [6.45, 7) is 0. The molecule has 17 heavy (non-hydrogen) atoms. The van der Waals surface area contributed by atoms with Gasteiger partial charge in [0.1, 0.15) is 5.75 Å².